The van der Waals surface area contributed by atoms with Crippen molar-refractivity contribution in [2.24, 2.45) is 11.3 Å². The largest absolute Gasteiger partial charge is 0.356 e. The molecule has 1 aromatic carbocycles. The molecule has 1 saturated heterocycles. The number of rotatable bonds is 6. The highest BCUT2D eigenvalue weighted by Gasteiger charge is 2.55. The Hall–Kier alpha value is -3.27. The molecular weight excluding hydrogens is 364 g/mol. The van der Waals surface area contributed by atoms with Crippen LogP contribution in [0.25, 0.3) is 0 Å². The van der Waals surface area contributed by atoms with Crippen LogP contribution in [0.3, 0.4) is 0 Å². The Morgan fingerprint density at radius 2 is 2.17 bits per heavy atom. The highest BCUT2D eigenvalue weighted by Crippen LogP contribution is 2.56. The number of carbonyl (C=O) groups is 1. The third-order valence-corrected chi connectivity index (χ3v) is 6.10. The average Bonchev–Trinajstić information content (AvgIpc) is 3.53. The molecule has 7 heteroatoms. The number of benzene rings is 1. The van der Waals surface area contributed by atoms with E-state index in [-0.39, 0.29) is 23.3 Å². The highest BCUT2D eigenvalue weighted by atomic mass is 16.2. The summed E-state index contributed by atoms with van der Waals surface area (Å²) in [5.41, 5.74) is 1.36. The lowest BCUT2D eigenvalue weighted by Crippen LogP contribution is -2.48. The molecule has 1 saturated carbocycles. The Labute approximate surface area is 170 Å². The fourth-order valence-electron chi connectivity index (χ4n) is 4.37. The third-order valence-electron chi connectivity index (χ3n) is 6.10. The van der Waals surface area contributed by atoms with E-state index in [1.54, 1.807) is 6.07 Å². The van der Waals surface area contributed by atoms with Gasteiger partial charge in [0.2, 0.25) is 5.91 Å². The topological polar surface area (TPSA) is 106 Å². The molecule has 2 aromatic rings. The van der Waals surface area contributed by atoms with E-state index in [1.165, 1.54) is 12.5 Å². The summed E-state index contributed by atoms with van der Waals surface area (Å²) >= 11 is 0. The van der Waals surface area contributed by atoms with Crippen molar-refractivity contribution in [3.8, 4) is 6.07 Å². The van der Waals surface area contributed by atoms with Crippen LogP contribution >= 0.6 is 0 Å². The first-order chi connectivity index (χ1) is 14.1. The summed E-state index contributed by atoms with van der Waals surface area (Å²) in [6, 6.07) is 13.4. The molecule has 7 nitrogen and oxygen atoms in total. The van der Waals surface area contributed by atoms with Gasteiger partial charge in [-0.2, -0.15) is 5.26 Å². The van der Waals surface area contributed by atoms with E-state index >= 15 is 0 Å². The molecule has 148 valence electrons. The van der Waals surface area contributed by atoms with Crippen LogP contribution in [0, 0.1) is 28.1 Å². The Balaban J connectivity index is 1.46. The maximum Gasteiger partial charge on any atom is 0.224 e. The molecule has 4 rings (SSSR count). The van der Waals surface area contributed by atoms with Crippen molar-refractivity contribution < 1.29 is 4.79 Å². The Morgan fingerprint density at radius 1 is 1.38 bits per heavy atom. The van der Waals surface area contributed by atoms with Crippen LogP contribution in [0.15, 0.2) is 42.7 Å². The summed E-state index contributed by atoms with van der Waals surface area (Å²) in [5, 5.41) is 19.8. The first kappa shape index (κ1) is 19.1. The minimum atomic E-state index is -0.171. The summed E-state index contributed by atoms with van der Waals surface area (Å²) in [5.74, 6) is 0.805. The van der Waals surface area contributed by atoms with Gasteiger partial charge in [-0.05, 0) is 36.5 Å². The van der Waals surface area contributed by atoms with Gasteiger partial charge in [0.05, 0.1) is 6.04 Å². The number of anilines is 1. The summed E-state index contributed by atoms with van der Waals surface area (Å²) in [4.78, 5) is 23.6. The van der Waals surface area contributed by atoms with Crippen molar-refractivity contribution in [1.82, 2.24) is 15.3 Å². The maximum atomic E-state index is 13.2. The molecule has 1 aliphatic heterocycles. The van der Waals surface area contributed by atoms with Crippen LogP contribution in [-0.2, 0) is 4.79 Å². The first-order valence-corrected chi connectivity index (χ1v) is 9.96. The molecule has 2 aliphatic rings. The molecule has 1 aliphatic carbocycles. The van der Waals surface area contributed by atoms with Gasteiger partial charge in [-0.1, -0.05) is 30.3 Å². The van der Waals surface area contributed by atoms with Gasteiger partial charge in [0.15, 0.2) is 0 Å². The van der Waals surface area contributed by atoms with Crippen molar-refractivity contribution >= 4 is 17.9 Å². The SMILES string of the molecule is N#Cc1cc(N2CCC(C(=O)NC(CC=N)c3ccccc3)C3(CC3)C2)ncn1. The molecule has 1 aromatic heterocycles. The number of nitrogens with one attached hydrogen (secondary N) is 2. The Morgan fingerprint density at radius 3 is 2.86 bits per heavy atom. The van der Waals surface area contributed by atoms with Crippen LogP contribution in [-0.4, -0.2) is 35.2 Å². The van der Waals surface area contributed by atoms with E-state index in [0.29, 0.717) is 12.1 Å². The summed E-state index contributed by atoms with van der Waals surface area (Å²) in [6.07, 6.45) is 6.07. The molecule has 1 spiro atoms. The normalized spacial score (nSPS) is 20.5. The number of piperidine rings is 1. The van der Waals surface area contributed by atoms with Crippen molar-refractivity contribution in [1.29, 1.82) is 10.7 Å². The second-order valence-corrected chi connectivity index (χ2v) is 7.91. The molecule has 1 amide bonds. The van der Waals surface area contributed by atoms with Gasteiger partial charge in [0.1, 0.15) is 23.9 Å². The zero-order chi connectivity index (χ0) is 20.3. The molecule has 2 atom stereocenters. The van der Waals surface area contributed by atoms with E-state index in [1.807, 2.05) is 30.3 Å². The smallest absolute Gasteiger partial charge is 0.224 e. The van der Waals surface area contributed by atoms with Crippen molar-refractivity contribution in [3.05, 3.63) is 54.0 Å². The molecular formula is C22H24N6O. The number of hydrogen-bond acceptors (Lipinski definition) is 6. The van der Waals surface area contributed by atoms with Crippen LogP contribution in [0.4, 0.5) is 5.82 Å². The van der Waals surface area contributed by atoms with E-state index in [4.69, 9.17) is 10.7 Å². The molecule has 0 radical (unpaired) electrons. The predicted molar refractivity (Wildman–Crippen MR) is 109 cm³/mol. The second kappa shape index (κ2) is 8.00. The monoisotopic (exact) mass is 388 g/mol. The fourth-order valence-corrected chi connectivity index (χ4v) is 4.37. The van der Waals surface area contributed by atoms with Gasteiger partial charge in [0, 0.05) is 31.5 Å². The van der Waals surface area contributed by atoms with E-state index < -0.39 is 0 Å². The number of aromatic nitrogens is 2. The molecule has 2 heterocycles. The number of nitriles is 1. The highest BCUT2D eigenvalue weighted by molar-refractivity contribution is 5.81. The lowest BCUT2D eigenvalue weighted by molar-refractivity contribution is -0.128. The first-order valence-electron chi connectivity index (χ1n) is 9.96. The summed E-state index contributed by atoms with van der Waals surface area (Å²) in [7, 11) is 0. The fraction of sp³-hybridized carbons (Fsp3) is 0.409. The number of nitrogens with zero attached hydrogens (tertiary/aromatic N) is 4. The van der Waals surface area contributed by atoms with E-state index in [9.17, 15) is 4.79 Å². The van der Waals surface area contributed by atoms with Crippen LogP contribution in [0.1, 0.15) is 43.0 Å². The number of amides is 1. The van der Waals surface area contributed by atoms with Crippen molar-refractivity contribution in [3.63, 3.8) is 0 Å². The summed E-state index contributed by atoms with van der Waals surface area (Å²) < 4.78 is 0. The minimum absolute atomic E-state index is 0.0218. The van der Waals surface area contributed by atoms with Gasteiger partial charge in [0.25, 0.3) is 0 Å². The van der Waals surface area contributed by atoms with Crippen LogP contribution < -0.4 is 10.2 Å². The Kier molecular flexibility index (Phi) is 5.26. The zero-order valence-electron chi connectivity index (χ0n) is 16.2. The molecule has 0 bridgehead atoms. The average molecular weight is 388 g/mol. The summed E-state index contributed by atoms with van der Waals surface area (Å²) in [6.45, 7) is 1.50. The van der Waals surface area contributed by atoms with Crippen LogP contribution in [0.5, 0.6) is 0 Å². The number of carbonyl (C=O) groups excluding carboxylic acids is 1. The van der Waals surface area contributed by atoms with Gasteiger partial charge in [-0.25, -0.2) is 9.97 Å². The van der Waals surface area contributed by atoms with E-state index in [2.05, 4.69) is 26.3 Å². The van der Waals surface area contributed by atoms with Gasteiger partial charge < -0.3 is 15.6 Å². The molecule has 2 fully saturated rings. The van der Waals surface area contributed by atoms with E-state index in [0.717, 1.165) is 43.7 Å². The molecule has 2 unspecified atom stereocenters. The second-order valence-electron chi connectivity index (χ2n) is 7.91. The Bertz CT molecular complexity index is 934. The number of hydrogen-bond donors (Lipinski definition) is 2. The lowest BCUT2D eigenvalue weighted by Gasteiger charge is -2.39. The maximum absolute atomic E-state index is 13.2. The van der Waals surface area contributed by atoms with Crippen molar-refractivity contribution in [2.45, 2.75) is 31.7 Å². The lowest BCUT2D eigenvalue weighted by atomic mass is 9.81. The van der Waals surface area contributed by atoms with Gasteiger partial charge in [-0.15, -0.1) is 0 Å². The zero-order valence-corrected chi connectivity index (χ0v) is 16.2. The van der Waals surface area contributed by atoms with Crippen LogP contribution in [0.2, 0.25) is 0 Å². The molecule has 29 heavy (non-hydrogen) atoms. The molecule has 2 N–H and O–H groups in total. The minimum Gasteiger partial charge on any atom is -0.356 e. The predicted octanol–water partition coefficient (Wildman–Crippen LogP) is 2.85. The van der Waals surface area contributed by atoms with Crippen molar-refractivity contribution in [2.75, 3.05) is 18.0 Å². The van der Waals surface area contributed by atoms with Gasteiger partial charge >= 0.3 is 0 Å². The standard InChI is InChI=1S/C22H24N6O/c23-10-6-19(16-4-2-1-3-5-16)27-21(29)18-7-11-28(14-22(18)8-9-22)20-12-17(13-24)25-15-26-20/h1-5,10,12,15,18-19,23H,6-9,11,14H2,(H,27,29). The third kappa shape index (κ3) is 3.97. The quantitative estimate of drug-likeness (QED) is 0.740. The van der Waals surface area contributed by atoms with Gasteiger partial charge in [-0.3, -0.25) is 4.79 Å².